The zero-order chi connectivity index (χ0) is 22.4. The van der Waals surface area contributed by atoms with Gasteiger partial charge in [0.2, 0.25) is 5.91 Å². The number of sulfonamides is 1. The minimum atomic E-state index is -3.90. The summed E-state index contributed by atoms with van der Waals surface area (Å²) in [5.74, 6) is -0.370. The van der Waals surface area contributed by atoms with Gasteiger partial charge in [-0.1, -0.05) is 49.4 Å². The largest absolute Gasteiger partial charge is 0.348 e. The van der Waals surface area contributed by atoms with Crippen LogP contribution in [0.3, 0.4) is 0 Å². The van der Waals surface area contributed by atoms with Crippen LogP contribution in [0.5, 0.6) is 0 Å². The zero-order valence-corrected chi connectivity index (χ0v) is 20.4. The fourth-order valence-electron chi connectivity index (χ4n) is 3.19. The molecule has 7 heteroatoms. The standard InChI is InChI=1S/C24H25IN2O3S/c1-3-19-9-11-20(12-10-19)18(2)26-24(28)17-27(22-15-13-21(25)14-16-22)31(29,30)23-7-5-4-6-8-23/h4-16,18H,3,17H2,1-2H3,(H,26,28)/t18-/m0/s1. The van der Waals surface area contributed by atoms with Gasteiger partial charge in [0.05, 0.1) is 16.6 Å². The average molecular weight is 548 g/mol. The number of aryl methyl sites for hydroxylation is 1. The summed E-state index contributed by atoms with van der Waals surface area (Å²) < 4.78 is 28.8. The van der Waals surface area contributed by atoms with Gasteiger partial charge in [-0.05, 0) is 83.5 Å². The van der Waals surface area contributed by atoms with E-state index in [1.807, 2.05) is 43.3 Å². The quantitative estimate of drug-likeness (QED) is 0.407. The predicted molar refractivity (Wildman–Crippen MR) is 133 cm³/mol. The third kappa shape index (κ3) is 5.86. The number of carbonyl (C=O) groups is 1. The van der Waals surface area contributed by atoms with Gasteiger partial charge in [0.15, 0.2) is 0 Å². The van der Waals surface area contributed by atoms with Crippen LogP contribution in [0.25, 0.3) is 0 Å². The Morgan fingerprint density at radius 1 is 0.968 bits per heavy atom. The molecule has 0 aromatic heterocycles. The van der Waals surface area contributed by atoms with E-state index in [4.69, 9.17) is 0 Å². The molecule has 0 aliphatic rings. The Kier molecular flexibility index (Phi) is 7.72. The third-order valence-electron chi connectivity index (χ3n) is 5.00. The van der Waals surface area contributed by atoms with Crippen molar-refractivity contribution in [3.8, 4) is 0 Å². The summed E-state index contributed by atoms with van der Waals surface area (Å²) in [4.78, 5) is 13.0. The van der Waals surface area contributed by atoms with Crippen molar-refractivity contribution < 1.29 is 13.2 Å². The molecule has 1 amide bonds. The van der Waals surface area contributed by atoms with E-state index in [1.54, 1.807) is 30.3 Å². The first-order chi connectivity index (χ1) is 14.8. The highest BCUT2D eigenvalue weighted by Crippen LogP contribution is 2.24. The van der Waals surface area contributed by atoms with Gasteiger partial charge in [0, 0.05) is 3.57 Å². The SMILES string of the molecule is CCc1ccc([C@H](C)NC(=O)CN(c2ccc(I)cc2)S(=O)(=O)c2ccccc2)cc1. The van der Waals surface area contributed by atoms with Crippen molar-refractivity contribution in [2.45, 2.75) is 31.2 Å². The minimum absolute atomic E-state index is 0.143. The molecule has 1 N–H and O–H groups in total. The van der Waals surface area contributed by atoms with Gasteiger partial charge in [-0.2, -0.15) is 0 Å². The number of carbonyl (C=O) groups excluding carboxylic acids is 1. The Morgan fingerprint density at radius 3 is 2.16 bits per heavy atom. The predicted octanol–water partition coefficient (Wildman–Crippen LogP) is 4.93. The number of nitrogens with zero attached hydrogens (tertiary/aromatic N) is 1. The lowest BCUT2D eigenvalue weighted by atomic mass is 10.1. The summed E-state index contributed by atoms with van der Waals surface area (Å²) in [7, 11) is -3.90. The smallest absolute Gasteiger partial charge is 0.264 e. The van der Waals surface area contributed by atoms with Crippen LogP contribution in [0.2, 0.25) is 0 Å². The van der Waals surface area contributed by atoms with Crippen molar-refractivity contribution in [2.24, 2.45) is 0 Å². The van der Waals surface area contributed by atoms with Crippen molar-refractivity contribution in [3.63, 3.8) is 0 Å². The number of nitrogens with one attached hydrogen (secondary N) is 1. The summed E-state index contributed by atoms with van der Waals surface area (Å²) in [5.41, 5.74) is 2.64. The van der Waals surface area contributed by atoms with Gasteiger partial charge in [-0.25, -0.2) is 8.42 Å². The van der Waals surface area contributed by atoms with Crippen LogP contribution in [-0.4, -0.2) is 20.9 Å². The highest BCUT2D eigenvalue weighted by atomic mass is 127. The maximum atomic E-state index is 13.3. The van der Waals surface area contributed by atoms with Crippen LogP contribution in [0.1, 0.15) is 31.0 Å². The van der Waals surface area contributed by atoms with Gasteiger partial charge in [-0.3, -0.25) is 9.10 Å². The highest BCUT2D eigenvalue weighted by molar-refractivity contribution is 14.1. The second-order valence-electron chi connectivity index (χ2n) is 7.19. The normalized spacial score (nSPS) is 12.2. The van der Waals surface area contributed by atoms with Crippen LogP contribution in [0.4, 0.5) is 5.69 Å². The first kappa shape index (κ1) is 23.3. The second-order valence-corrected chi connectivity index (χ2v) is 10.3. The molecule has 0 radical (unpaired) electrons. The van der Waals surface area contributed by atoms with Crippen molar-refractivity contribution in [2.75, 3.05) is 10.8 Å². The lowest BCUT2D eigenvalue weighted by Gasteiger charge is -2.25. The molecule has 5 nitrogen and oxygen atoms in total. The molecule has 0 heterocycles. The fourth-order valence-corrected chi connectivity index (χ4v) is 4.99. The Morgan fingerprint density at radius 2 is 1.58 bits per heavy atom. The Labute approximate surface area is 197 Å². The topological polar surface area (TPSA) is 66.5 Å². The summed E-state index contributed by atoms with van der Waals surface area (Å²) in [5, 5.41) is 2.92. The number of hydrogen-bond acceptors (Lipinski definition) is 3. The molecule has 0 fully saturated rings. The first-order valence-electron chi connectivity index (χ1n) is 10.0. The lowest BCUT2D eigenvalue weighted by molar-refractivity contribution is -0.120. The second kappa shape index (κ2) is 10.3. The summed E-state index contributed by atoms with van der Waals surface area (Å²) in [6, 6.07) is 23.0. The summed E-state index contributed by atoms with van der Waals surface area (Å²) in [6.07, 6.45) is 0.948. The van der Waals surface area contributed by atoms with Crippen LogP contribution in [-0.2, 0) is 21.2 Å². The number of hydrogen-bond donors (Lipinski definition) is 1. The van der Waals surface area contributed by atoms with E-state index in [9.17, 15) is 13.2 Å². The van der Waals surface area contributed by atoms with E-state index in [0.29, 0.717) is 5.69 Å². The molecule has 3 aromatic carbocycles. The maximum Gasteiger partial charge on any atom is 0.264 e. The Hall–Kier alpha value is -2.39. The molecule has 0 saturated carbocycles. The Balaban J connectivity index is 1.84. The number of halogens is 1. The third-order valence-corrected chi connectivity index (χ3v) is 7.51. The lowest BCUT2D eigenvalue weighted by Crippen LogP contribution is -2.41. The van der Waals surface area contributed by atoms with Gasteiger partial charge >= 0.3 is 0 Å². The van der Waals surface area contributed by atoms with E-state index in [2.05, 4.69) is 34.8 Å². The van der Waals surface area contributed by atoms with Gasteiger partial charge in [0.25, 0.3) is 10.0 Å². The van der Waals surface area contributed by atoms with Crippen LogP contribution < -0.4 is 9.62 Å². The molecule has 3 aromatic rings. The molecule has 1 atom stereocenters. The minimum Gasteiger partial charge on any atom is -0.348 e. The van der Waals surface area contributed by atoms with Gasteiger partial charge in [-0.15, -0.1) is 0 Å². The number of amides is 1. The monoisotopic (exact) mass is 548 g/mol. The molecule has 0 bridgehead atoms. The van der Waals surface area contributed by atoms with Crippen LogP contribution in [0.15, 0.2) is 83.8 Å². The van der Waals surface area contributed by atoms with E-state index in [1.165, 1.54) is 17.7 Å². The number of benzene rings is 3. The van der Waals surface area contributed by atoms with Crippen LogP contribution >= 0.6 is 22.6 Å². The van der Waals surface area contributed by atoms with Crippen molar-refractivity contribution in [3.05, 3.63) is 93.6 Å². The molecule has 0 spiro atoms. The average Bonchev–Trinajstić information content (AvgIpc) is 2.78. The molecule has 31 heavy (non-hydrogen) atoms. The molecule has 0 aliphatic carbocycles. The molecule has 0 aliphatic heterocycles. The molecular weight excluding hydrogens is 523 g/mol. The fraction of sp³-hybridized carbons (Fsp3) is 0.208. The van der Waals surface area contributed by atoms with E-state index < -0.39 is 10.0 Å². The zero-order valence-electron chi connectivity index (χ0n) is 17.5. The number of anilines is 1. The summed E-state index contributed by atoms with van der Waals surface area (Å²) >= 11 is 2.16. The van der Waals surface area contributed by atoms with E-state index in [-0.39, 0.29) is 23.4 Å². The molecule has 0 unspecified atom stereocenters. The molecule has 3 rings (SSSR count). The maximum absolute atomic E-state index is 13.3. The molecular formula is C24H25IN2O3S. The van der Waals surface area contributed by atoms with Gasteiger partial charge < -0.3 is 5.32 Å². The Bertz CT molecular complexity index is 1120. The highest BCUT2D eigenvalue weighted by Gasteiger charge is 2.27. The van der Waals surface area contributed by atoms with Crippen molar-refractivity contribution >= 4 is 44.2 Å². The van der Waals surface area contributed by atoms with Gasteiger partial charge in [0.1, 0.15) is 6.54 Å². The first-order valence-corrected chi connectivity index (χ1v) is 12.5. The molecule has 162 valence electrons. The van der Waals surface area contributed by atoms with Crippen molar-refractivity contribution in [1.29, 1.82) is 0 Å². The van der Waals surface area contributed by atoms with Crippen LogP contribution in [0, 0.1) is 3.57 Å². The van der Waals surface area contributed by atoms with Crippen molar-refractivity contribution in [1.82, 2.24) is 5.32 Å². The van der Waals surface area contributed by atoms with E-state index >= 15 is 0 Å². The molecule has 0 saturated heterocycles. The summed E-state index contributed by atoms with van der Waals surface area (Å²) in [6.45, 7) is 3.67. The van der Waals surface area contributed by atoms with E-state index in [0.717, 1.165) is 19.9 Å². The number of rotatable bonds is 8.